The van der Waals surface area contributed by atoms with Crippen molar-refractivity contribution in [1.29, 1.82) is 0 Å². The summed E-state index contributed by atoms with van der Waals surface area (Å²) in [5, 5.41) is 11.2. The summed E-state index contributed by atoms with van der Waals surface area (Å²) >= 11 is 0. The van der Waals surface area contributed by atoms with Crippen molar-refractivity contribution in [3.8, 4) is 0 Å². The average Bonchev–Trinajstić information content (AvgIpc) is 2.53. The molecular formula is C19H27NO4. The van der Waals surface area contributed by atoms with Crippen LogP contribution in [0.5, 0.6) is 0 Å². The normalized spacial score (nSPS) is 14.7. The molecule has 0 aliphatic heterocycles. The van der Waals surface area contributed by atoms with Crippen molar-refractivity contribution in [2.24, 2.45) is 5.92 Å². The third-order valence-corrected chi connectivity index (χ3v) is 4.06. The molecule has 1 aromatic rings. The number of benzene rings is 1. The van der Waals surface area contributed by atoms with Crippen LogP contribution in [0, 0.1) is 5.92 Å². The fourth-order valence-corrected chi connectivity index (χ4v) is 2.48. The number of nitrogens with one attached hydrogen (secondary N) is 1. The highest BCUT2D eigenvalue weighted by molar-refractivity contribution is 5.82. The number of allylic oxidation sites excluding steroid dienone is 1. The van der Waals surface area contributed by atoms with Crippen LogP contribution in [0.2, 0.25) is 0 Å². The third-order valence-electron chi connectivity index (χ3n) is 4.06. The highest BCUT2D eigenvalue weighted by Gasteiger charge is 2.27. The van der Waals surface area contributed by atoms with E-state index in [0.717, 1.165) is 5.57 Å². The maximum absolute atomic E-state index is 12.4. The molecule has 1 amide bonds. The smallest absolute Gasteiger partial charge is 0.344 e. The highest BCUT2D eigenvalue weighted by Crippen LogP contribution is 2.22. The molecule has 0 spiro atoms. The molecule has 0 saturated carbocycles. The first-order valence-electron chi connectivity index (χ1n) is 8.06. The summed E-state index contributed by atoms with van der Waals surface area (Å²) < 4.78 is 0. The van der Waals surface area contributed by atoms with Gasteiger partial charge in [0.05, 0.1) is 12.3 Å². The molecule has 5 heteroatoms. The van der Waals surface area contributed by atoms with Gasteiger partial charge >= 0.3 is 5.97 Å². The lowest BCUT2D eigenvalue weighted by Crippen LogP contribution is -2.47. The van der Waals surface area contributed by atoms with E-state index in [-0.39, 0.29) is 24.2 Å². The Morgan fingerprint density at radius 1 is 1.25 bits per heavy atom. The summed E-state index contributed by atoms with van der Waals surface area (Å²) in [5.41, 5.74) is 1.36. The van der Waals surface area contributed by atoms with Crippen LogP contribution in [0.1, 0.15) is 52.5 Å². The number of rotatable bonds is 7. The number of amides is 1. The molecule has 2 unspecified atom stereocenters. The van der Waals surface area contributed by atoms with E-state index in [1.807, 2.05) is 32.0 Å². The molecule has 2 atom stereocenters. The zero-order valence-electron chi connectivity index (χ0n) is 15.0. The first-order valence-corrected chi connectivity index (χ1v) is 8.06. The molecule has 132 valence electrons. The Kier molecular flexibility index (Phi) is 7.17. The van der Waals surface area contributed by atoms with Crippen LogP contribution < -0.4 is 5.32 Å². The van der Waals surface area contributed by atoms with E-state index in [1.165, 1.54) is 5.56 Å². The Balaban J connectivity index is 2.73. The molecule has 0 heterocycles. The quantitative estimate of drug-likeness (QED) is 0.453. The lowest BCUT2D eigenvalue weighted by molar-refractivity contribution is -0.235. The average molecular weight is 333 g/mol. The van der Waals surface area contributed by atoms with Crippen molar-refractivity contribution in [3.63, 3.8) is 0 Å². The predicted octanol–water partition coefficient (Wildman–Crippen LogP) is 3.67. The summed E-state index contributed by atoms with van der Waals surface area (Å²) in [6.07, 6.45) is 1.97. The minimum absolute atomic E-state index is 0.106. The van der Waals surface area contributed by atoms with Crippen LogP contribution in [0.15, 0.2) is 42.0 Å². The summed E-state index contributed by atoms with van der Waals surface area (Å²) in [6.45, 7) is 9.27. The van der Waals surface area contributed by atoms with Gasteiger partial charge in [-0.25, -0.2) is 4.79 Å². The van der Waals surface area contributed by atoms with Crippen molar-refractivity contribution >= 4 is 11.9 Å². The van der Waals surface area contributed by atoms with Crippen LogP contribution in [0.3, 0.4) is 0 Å². The summed E-state index contributed by atoms with van der Waals surface area (Å²) in [4.78, 5) is 27.3. The Bertz CT molecular complexity index is 593. The van der Waals surface area contributed by atoms with Gasteiger partial charge < -0.3 is 10.2 Å². The van der Waals surface area contributed by atoms with E-state index < -0.39 is 11.5 Å². The van der Waals surface area contributed by atoms with E-state index in [2.05, 4.69) is 35.3 Å². The molecule has 1 aromatic carbocycles. The van der Waals surface area contributed by atoms with Crippen LogP contribution in [-0.4, -0.2) is 22.7 Å². The van der Waals surface area contributed by atoms with E-state index in [1.54, 1.807) is 13.8 Å². The van der Waals surface area contributed by atoms with Gasteiger partial charge in [-0.2, -0.15) is 5.26 Å². The lowest BCUT2D eigenvalue weighted by atomic mass is 9.92. The monoisotopic (exact) mass is 333 g/mol. The Morgan fingerprint density at radius 3 is 2.38 bits per heavy atom. The molecule has 1 rings (SSSR count). The van der Waals surface area contributed by atoms with E-state index in [9.17, 15) is 9.59 Å². The minimum atomic E-state index is -0.795. The van der Waals surface area contributed by atoms with Gasteiger partial charge in [-0.3, -0.25) is 4.79 Å². The van der Waals surface area contributed by atoms with Crippen molar-refractivity contribution in [2.45, 2.75) is 52.5 Å². The molecule has 5 nitrogen and oxygen atoms in total. The largest absolute Gasteiger partial charge is 0.350 e. The van der Waals surface area contributed by atoms with Crippen LogP contribution >= 0.6 is 0 Å². The van der Waals surface area contributed by atoms with Gasteiger partial charge in [-0.15, -0.1) is 0 Å². The molecule has 0 saturated heterocycles. The maximum Gasteiger partial charge on any atom is 0.344 e. The topological polar surface area (TPSA) is 75.6 Å². The highest BCUT2D eigenvalue weighted by atomic mass is 17.1. The Labute approximate surface area is 143 Å². The van der Waals surface area contributed by atoms with Gasteiger partial charge in [-0.1, -0.05) is 48.9 Å². The standard InChI is InChI=1S/C19H27NO4/c1-13(11-14(2)16-9-7-6-8-10-16)15(3)18(22)20-19(4,5)12-17(21)24-23/h6-11,14-15,23H,12H2,1-5H3,(H,20,22). The van der Waals surface area contributed by atoms with Crippen LogP contribution in [0.4, 0.5) is 0 Å². The van der Waals surface area contributed by atoms with E-state index in [0.29, 0.717) is 0 Å². The van der Waals surface area contributed by atoms with Crippen LogP contribution in [0.25, 0.3) is 0 Å². The zero-order chi connectivity index (χ0) is 18.3. The zero-order valence-corrected chi connectivity index (χ0v) is 15.0. The molecule has 0 aromatic heterocycles. The predicted molar refractivity (Wildman–Crippen MR) is 93.3 cm³/mol. The summed E-state index contributed by atoms with van der Waals surface area (Å²) in [5.74, 6) is -1.06. The minimum Gasteiger partial charge on any atom is -0.350 e. The van der Waals surface area contributed by atoms with Crippen molar-refractivity contribution in [1.82, 2.24) is 5.32 Å². The number of carbonyl (C=O) groups excluding carboxylic acids is 2. The summed E-state index contributed by atoms with van der Waals surface area (Å²) in [6, 6.07) is 10.1. The number of hydrogen-bond acceptors (Lipinski definition) is 4. The second-order valence-corrected chi connectivity index (χ2v) is 6.84. The Hall–Kier alpha value is -2.14. The van der Waals surface area contributed by atoms with Gasteiger partial charge in [0.15, 0.2) is 0 Å². The molecule has 24 heavy (non-hydrogen) atoms. The van der Waals surface area contributed by atoms with Crippen LogP contribution in [-0.2, 0) is 14.5 Å². The van der Waals surface area contributed by atoms with Gasteiger partial charge in [-0.05, 0) is 39.2 Å². The molecule has 0 bridgehead atoms. The van der Waals surface area contributed by atoms with Crippen molar-refractivity contribution in [2.75, 3.05) is 0 Å². The fourth-order valence-electron chi connectivity index (χ4n) is 2.48. The second-order valence-electron chi connectivity index (χ2n) is 6.84. The van der Waals surface area contributed by atoms with Gasteiger partial charge in [0.1, 0.15) is 0 Å². The van der Waals surface area contributed by atoms with Gasteiger partial charge in [0.25, 0.3) is 0 Å². The van der Waals surface area contributed by atoms with Gasteiger partial charge in [0, 0.05) is 5.54 Å². The molecule has 0 aliphatic rings. The number of carbonyl (C=O) groups is 2. The lowest BCUT2D eigenvalue weighted by Gasteiger charge is -2.27. The third kappa shape index (κ3) is 6.16. The van der Waals surface area contributed by atoms with Crippen molar-refractivity contribution in [3.05, 3.63) is 47.5 Å². The molecule has 0 radical (unpaired) electrons. The molecule has 2 N–H and O–H groups in total. The number of hydrogen-bond donors (Lipinski definition) is 2. The summed E-state index contributed by atoms with van der Waals surface area (Å²) in [7, 11) is 0. The second kappa shape index (κ2) is 8.64. The Morgan fingerprint density at radius 2 is 1.83 bits per heavy atom. The molecule has 0 fully saturated rings. The maximum atomic E-state index is 12.4. The van der Waals surface area contributed by atoms with Gasteiger partial charge in [0.2, 0.25) is 5.91 Å². The SMILES string of the molecule is CC(=CC(C)c1ccccc1)C(C)C(=O)NC(C)(C)CC(=O)OO. The first-order chi connectivity index (χ1) is 11.2. The fraction of sp³-hybridized carbons (Fsp3) is 0.474. The van der Waals surface area contributed by atoms with E-state index >= 15 is 0 Å². The molecular weight excluding hydrogens is 306 g/mol. The first kappa shape index (κ1) is 19.9. The van der Waals surface area contributed by atoms with E-state index in [4.69, 9.17) is 5.26 Å². The van der Waals surface area contributed by atoms with Crippen molar-refractivity contribution < 1.29 is 19.7 Å². The molecule has 0 aliphatic carbocycles.